The minimum atomic E-state index is -2.48. The molecular weight excluding hydrogens is 602 g/mol. The van der Waals surface area contributed by atoms with Crippen LogP contribution in [0.2, 0.25) is 18.1 Å². The van der Waals surface area contributed by atoms with Crippen molar-refractivity contribution in [1.82, 2.24) is 0 Å². The molecule has 0 spiro atoms. The maximum absolute atomic E-state index is 14.1. The second-order valence-electron chi connectivity index (χ2n) is 15.8. The molecule has 1 amide bonds. The van der Waals surface area contributed by atoms with Gasteiger partial charge in [-0.15, -0.1) is 0 Å². The maximum Gasteiger partial charge on any atom is 0.415 e. The van der Waals surface area contributed by atoms with E-state index in [1.165, 1.54) is 6.08 Å². The van der Waals surface area contributed by atoms with E-state index in [-0.39, 0.29) is 22.8 Å². The van der Waals surface area contributed by atoms with Crippen LogP contribution in [0, 0.1) is 5.92 Å². The molecule has 10 heteroatoms. The number of rotatable bonds is 4. The van der Waals surface area contributed by atoms with E-state index in [0.717, 1.165) is 12.8 Å². The molecule has 1 aliphatic carbocycles. The number of anilines is 1. The Morgan fingerprint density at radius 2 is 1.65 bits per heavy atom. The molecule has 46 heavy (non-hydrogen) atoms. The largest absolute Gasteiger partial charge is 0.543 e. The number of fused-ring (bicyclic) bond motifs is 2. The van der Waals surface area contributed by atoms with E-state index in [1.807, 2.05) is 45.9 Å². The summed E-state index contributed by atoms with van der Waals surface area (Å²) >= 11 is 0. The van der Waals surface area contributed by atoms with Crippen molar-refractivity contribution < 1.29 is 37.8 Å². The van der Waals surface area contributed by atoms with Gasteiger partial charge in [0.2, 0.25) is 0 Å². The summed E-state index contributed by atoms with van der Waals surface area (Å²) in [7, 11) is -2.48. The molecule has 2 fully saturated rings. The molecule has 0 bridgehead atoms. The Labute approximate surface area is 275 Å². The lowest BCUT2D eigenvalue weighted by molar-refractivity contribution is -0.152. The van der Waals surface area contributed by atoms with Crippen molar-refractivity contribution in [3.05, 3.63) is 41.5 Å². The Bertz CT molecular complexity index is 1400. The smallest absolute Gasteiger partial charge is 0.415 e. The minimum absolute atomic E-state index is 0.0197. The van der Waals surface area contributed by atoms with Gasteiger partial charge in [-0.3, -0.25) is 9.69 Å². The number of benzene rings is 1. The molecule has 1 saturated carbocycles. The third-order valence-corrected chi connectivity index (χ3v) is 13.3. The van der Waals surface area contributed by atoms with Crippen LogP contribution in [0.25, 0.3) is 6.08 Å². The van der Waals surface area contributed by atoms with Crippen LogP contribution in [-0.2, 0) is 23.7 Å². The summed E-state index contributed by atoms with van der Waals surface area (Å²) < 4.78 is 30.9. The summed E-state index contributed by atoms with van der Waals surface area (Å²) in [5.41, 5.74) is 0.733. The van der Waals surface area contributed by atoms with Crippen molar-refractivity contribution in [2.24, 2.45) is 5.92 Å². The van der Waals surface area contributed by atoms with E-state index in [1.54, 1.807) is 37.8 Å². The number of nitrogens with zero attached hydrogens (tertiary/aromatic N) is 1. The van der Waals surface area contributed by atoms with Gasteiger partial charge in [-0.05, 0) is 96.6 Å². The van der Waals surface area contributed by atoms with Crippen LogP contribution in [0.4, 0.5) is 10.5 Å². The van der Waals surface area contributed by atoms with Crippen LogP contribution >= 0.6 is 0 Å². The van der Waals surface area contributed by atoms with Gasteiger partial charge < -0.3 is 23.4 Å². The van der Waals surface area contributed by atoms with Crippen LogP contribution in [-0.4, -0.2) is 61.9 Å². The second kappa shape index (κ2) is 12.9. The number of amides is 1. The van der Waals surface area contributed by atoms with Crippen molar-refractivity contribution >= 4 is 37.9 Å². The van der Waals surface area contributed by atoms with Gasteiger partial charge in [0, 0.05) is 18.0 Å². The van der Waals surface area contributed by atoms with Crippen LogP contribution < -0.4 is 9.33 Å². The molecule has 1 saturated heterocycles. The number of ether oxygens (including phenoxy) is 4. The van der Waals surface area contributed by atoms with Gasteiger partial charge in [0.15, 0.2) is 11.6 Å². The molecule has 2 heterocycles. The molecule has 3 aliphatic rings. The molecular formula is C36H53NO8Si. The summed E-state index contributed by atoms with van der Waals surface area (Å²) in [5, 5.41) is -0.167. The first-order valence-electron chi connectivity index (χ1n) is 16.4. The van der Waals surface area contributed by atoms with E-state index < -0.39 is 50.1 Å². The lowest BCUT2D eigenvalue weighted by atomic mass is 9.99. The topological polar surface area (TPSA) is 101 Å². The number of carbonyl (C=O) groups excluding carboxylic acids is 3. The van der Waals surface area contributed by atoms with Crippen molar-refractivity contribution in [3.63, 3.8) is 0 Å². The first-order valence-corrected chi connectivity index (χ1v) is 19.3. The molecule has 0 unspecified atom stereocenters. The summed E-state index contributed by atoms with van der Waals surface area (Å²) in [6.45, 7) is 23.5. The molecule has 4 rings (SSSR count). The fourth-order valence-electron chi connectivity index (χ4n) is 5.14. The Morgan fingerprint density at radius 1 is 1.00 bits per heavy atom. The van der Waals surface area contributed by atoms with Crippen molar-refractivity contribution in [1.29, 1.82) is 0 Å². The summed E-state index contributed by atoms with van der Waals surface area (Å²) in [4.78, 5) is 42.6. The first kappa shape index (κ1) is 35.9. The molecule has 9 nitrogen and oxygen atoms in total. The molecule has 1 aromatic rings. The Hall–Kier alpha value is -2.95. The highest BCUT2D eigenvalue weighted by atomic mass is 28.4. The van der Waals surface area contributed by atoms with Crippen molar-refractivity contribution in [2.45, 2.75) is 142 Å². The lowest BCUT2D eigenvalue weighted by Crippen LogP contribution is -2.44. The van der Waals surface area contributed by atoms with E-state index in [9.17, 15) is 14.4 Å². The van der Waals surface area contributed by atoms with Gasteiger partial charge in [-0.25, -0.2) is 9.59 Å². The number of hydrogen-bond acceptors (Lipinski definition) is 8. The maximum atomic E-state index is 14.1. The molecule has 4 atom stereocenters. The quantitative estimate of drug-likeness (QED) is 0.236. The lowest BCUT2D eigenvalue weighted by Gasteiger charge is -2.37. The van der Waals surface area contributed by atoms with Gasteiger partial charge in [-0.1, -0.05) is 45.9 Å². The monoisotopic (exact) mass is 655 g/mol. The number of esters is 1. The third kappa shape index (κ3) is 8.49. The highest BCUT2D eigenvalue weighted by molar-refractivity contribution is 6.74. The van der Waals surface area contributed by atoms with E-state index in [2.05, 4.69) is 33.9 Å². The zero-order chi connectivity index (χ0) is 34.4. The Morgan fingerprint density at radius 3 is 2.24 bits per heavy atom. The van der Waals surface area contributed by atoms with Gasteiger partial charge in [0.25, 0.3) is 8.32 Å². The van der Waals surface area contributed by atoms with Gasteiger partial charge in [0.05, 0.1) is 11.8 Å². The van der Waals surface area contributed by atoms with Crippen LogP contribution in [0.1, 0.15) is 104 Å². The molecule has 0 N–H and O–H groups in total. The average molecular weight is 656 g/mol. The minimum Gasteiger partial charge on any atom is -0.543 e. The highest BCUT2D eigenvalue weighted by Crippen LogP contribution is 2.43. The predicted molar refractivity (Wildman–Crippen MR) is 182 cm³/mol. The Kier molecular flexibility index (Phi) is 10.1. The third-order valence-electron chi connectivity index (χ3n) is 9.00. The second-order valence-corrected chi connectivity index (χ2v) is 20.5. The number of ketones is 1. The first-order chi connectivity index (χ1) is 21.1. The Balaban J connectivity index is 1.91. The summed E-state index contributed by atoms with van der Waals surface area (Å²) in [6, 6.07) is 3.60. The number of carbonyl (C=O) groups is 3. The number of hydrogen-bond donors (Lipinski definition) is 0. The highest BCUT2D eigenvalue weighted by Gasteiger charge is 2.44. The fraction of sp³-hybridized carbons (Fsp3) is 0.639. The van der Waals surface area contributed by atoms with Gasteiger partial charge >= 0.3 is 12.1 Å². The number of cyclic esters (lactones) is 1. The predicted octanol–water partition coefficient (Wildman–Crippen LogP) is 8.22. The van der Waals surface area contributed by atoms with E-state index in [0.29, 0.717) is 29.0 Å². The van der Waals surface area contributed by atoms with E-state index in [4.69, 9.17) is 23.4 Å². The zero-order valence-corrected chi connectivity index (χ0v) is 30.7. The van der Waals surface area contributed by atoms with Crippen molar-refractivity contribution in [3.8, 4) is 5.75 Å². The van der Waals surface area contributed by atoms with Crippen LogP contribution in [0.15, 0.2) is 30.4 Å². The van der Waals surface area contributed by atoms with Gasteiger partial charge in [-0.2, -0.15) is 0 Å². The zero-order valence-electron chi connectivity index (χ0n) is 29.7. The van der Waals surface area contributed by atoms with Crippen LogP contribution in [0.3, 0.4) is 0 Å². The standard InChI is InChI=1S/C36H53NO8Si/c1-22-16-19-27(38)31-28(42-36(9,10)43-31)15-13-14-24-20-26(37(25-17-18-25)33(40)44-34(3,4)5)21-29(30(24)32(39)41-23(22)2)45-46(11,12)35(6,7)8/h13-14,16,19-23,25,28,31H,15,17-18H2,1-12H3/b14-13+,19-16-/t22-,23+,28+,31-/m1/s1. The molecule has 2 aliphatic heterocycles. The van der Waals surface area contributed by atoms with Crippen LogP contribution in [0.5, 0.6) is 5.75 Å². The molecule has 0 radical (unpaired) electrons. The average Bonchev–Trinajstić information content (AvgIpc) is 3.66. The van der Waals surface area contributed by atoms with Gasteiger partial charge in [0.1, 0.15) is 29.1 Å². The van der Waals surface area contributed by atoms with E-state index >= 15 is 0 Å². The molecule has 1 aromatic carbocycles. The SMILES string of the molecule is C[C@@H]1/C=C\C(=O)[C@H]2OC(C)(C)O[C@H]2C/C=C/c2cc(N(C(=O)OC(C)(C)C)C3CC3)cc(O[Si](C)(C)C(C)(C)C)c2C(=O)O[C@H]1C. The fourth-order valence-corrected chi connectivity index (χ4v) is 6.16. The molecule has 254 valence electrons. The normalized spacial score (nSPS) is 27.0. The molecule has 0 aromatic heterocycles. The summed E-state index contributed by atoms with van der Waals surface area (Å²) in [5.74, 6) is -1.54. The summed E-state index contributed by atoms with van der Waals surface area (Å²) in [6.07, 6.45) is 6.71. The van der Waals surface area contributed by atoms with Crippen molar-refractivity contribution in [2.75, 3.05) is 4.90 Å².